The molecule has 6 heteroatoms. The quantitative estimate of drug-likeness (QED) is 0.872. The Kier molecular flexibility index (Phi) is 3.16. The van der Waals surface area contributed by atoms with Crippen molar-refractivity contribution >= 4 is 17.3 Å². The molecular weight excluding hydrogens is 264 g/mol. The summed E-state index contributed by atoms with van der Waals surface area (Å²) in [5, 5.41) is 17.0. The molecule has 1 N–H and O–H groups in total. The first-order valence-corrected chi connectivity index (χ1v) is 6.94. The number of allylic oxidation sites excluding steroid dienone is 2. The Morgan fingerprint density at radius 3 is 3.00 bits per heavy atom. The normalized spacial score (nSPS) is 22.5. The molecule has 0 bridgehead atoms. The van der Waals surface area contributed by atoms with Crippen LogP contribution < -0.4 is 0 Å². The number of aromatic nitrogens is 2. The van der Waals surface area contributed by atoms with Gasteiger partial charge >= 0.3 is 5.97 Å². The molecule has 0 fully saturated rings. The Balaban J connectivity index is 1.89. The van der Waals surface area contributed by atoms with Gasteiger partial charge in [-0.2, -0.15) is 16.3 Å². The molecule has 0 saturated heterocycles. The van der Waals surface area contributed by atoms with Crippen LogP contribution in [-0.4, -0.2) is 21.2 Å². The lowest BCUT2D eigenvalue weighted by atomic mass is 9.83. The van der Waals surface area contributed by atoms with Crippen LogP contribution in [0.3, 0.4) is 0 Å². The van der Waals surface area contributed by atoms with E-state index in [0.717, 1.165) is 5.56 Å². The average molecular weight is 276 g/mol. The van der Waals surface area contributed by atoms with Crippen molar-refractivity contribution in [3.8, 4) is 11.4 Å². The molecule has 0 unspecified atom stereocenters. The smallest absolute Gasteiger partial charge is 0.307 e. The van der Waals surface area contributed by atoms with Crippen LogP contribution >= 0.6 is 11.3 Å². The van der Waals surface area contributed by atoms with E-state index >= 15 is 0 Å². The molecule has 5 nitrogen and oxygen atoms in total. The van der Waals surface area contributed by atoms with Crippen molar-refractivity contribution in [3.63, 3.8) is 0 Å². The van der Waals surface area contributed by atoms with Crippen LogP contribution in [-0.2, 0) is 4.79 Å². The third-order valence-electron chi connectivity index (χ3n) is 3.29. The number of carbonyl (C=O) groups is 1. The molecule has 2 aromatic heterocycles. The van der Waals surface area contributed by atoms with Crippen LogP contribution in [0.5, 0.6) is 0 Å². The van der Waals surface area contributed by atoms with E-state index in [4.69, 9.17) is 4.52 Å². The van der Waals surface area contributed by atoms with Gasteiger partial charge in [0.15, 0.2) is 0 Å². The molecule has 0 spiro atoms. The minimum absolute atomic E-state index is 0.234. The topological polar surface area (TPSA) is 76.2 Å². The Labute approximate surface area is 113 Å². The molecule has 0 saturated carbocycles. The number of thiophene rings is 1. The number of hydrogen-bond acceptors (Lipinski definition) is 5. The Hall–Kier alpha value is -1.95. The Morgan fingerprint density at radius 2 is 2.26 bits per heavy atom. The van der Waals surface area contributed by atoms with Crippen LogP contribution in [0.15, 0.2) is 33.5 Å². The van der Waals surface area contributed by atoms with Crippen molar-refractivity contribution in [2.75, 3.05) is 0 Å². The number of hydrogen-bond donors (Lipinski definition) is 1. The predicted molar refractivity (Wildman–Crippen MR) is 69.9 cm³/mol. The average Bonchev–Trinajstić information content (AvgIpc) is 3.09. The second-order valence-corrected chi connectivity index (χ2v) is 5.24. The van der Waals surface area contributed by atoms with E-state index < -0.39 is 11.9 Å². The first-order valence-electron chi connectivity index (χ1n) is 5.99. The van der Waals surface area contributed by atoms with Gasteiger partial charge in [-0.15, -0.1) is 0 Å². The molecule has 0 radical (unpaired) electrons. The van der Waals surface area contributed by atoms with Crippen molar-refractivity contribution in [2.24, 2.45) is 5.92 Å². The SMILES string of the molecule is O=C(O)[C@H]1CC=CC[C@H]1c1nc(-c2ccsc2)no1. The molecule has 19 heavy (non-hydrogen) atoms. The van der Waals surface area contributed by atoms with Crippen LogP contribution in [0.2, 0.25) is 0 Å². The summed E-state index contributed by atoms with van der Waals surface area (Å²) in [6.45, 7) is 0. The second-order valence-electron chi connectivity index (χ2n) is 4.46. The number of aliphatic carboxylic acids is 1. The molecule has 2 aromatic rings. The Morgan fingerprint density at radius 1 is 1.42 bits per heavy atom. The van der Waals surface area contributed by atoms with E-state index in [1.54, 1.807) is 11.3 Å². The zero-order chi connectivity index (χ0) is 13.2. The maximum Gasteiger partial charge on any atom is 0.307 e. The summed E-state index contributed by atoms with van der Waals surface area (Å²) in [5.41, 5.74) is 0.901. The zero-order valence-corrected chi connectivity index (χ0v) is 10.8. The fraction of sp³-hybridized carbons (Fsp3) is 0.308. The lowest BCUT2D eigenvalue weighted by Gasteiger charge is -2.21. The number of carboxylic acids is 1. The molecule has 0 aromatic carbocycles. The van der Waals surface area contributed by atoms with Crippen molar-refractivity contribution < 1.29 is 14.4 Å². The third kappa shape index (κ3) is 2.31. The van der Waals surface area contributed by atoms with Crippen LogP contribution in [0.25, 0.3) is 11.4 Å². The molecule has 1 aliphatic rings. The van der Waals surface area contributed by atoms with Gasteiger partial charge in [0.05, 0.1) is 11.8 Å². The molecule has 0 amide bonds. The van der Waals surface area contributed by atoms with Gasteiger partial charge in [0, 0.05) is 10.9 Å². The fourth-order valence-corrected chi connectivity index (χ4v) is 2.89. The van der Waals surface area contributed by atoms with Crippen molar-refractivity contribution in [1.82, 2.24) is 10.1 Å². The first kappa shape index (κ1) is 12.1. The van der Waals surface area contributed by atoms with Gasteiger partial charge in [0.25, 0.3) is 0 Å². The van der Waals surface area contributed by atoms with E-state index in [9.17, 15) is 9.90 Å². The minimum Gasteiger partial charge on any atom is -0.481 e. The summed E-state index contributed by atoms with van der Waals surface area (Å²) in [7, 11) is 0. The molecule has 0 aliphatic heterocycles. The van der Waals surface area contributed by atoms with E-state index in [2.05, 4.69) is 10.1 Å². The van der Waals surface area contributed by atoms with Gasteiger partial charge in [-0.1, -0.05) is 17.3 Å². The maximum absolute atomic E-state index is 11.3. The van der Waals surface area contributed by atoms with Crippen molar-refractivity contribution in [2.45, 2.75) is 18.8 Å². The monoisotopic (exact) mass is 276 g/mol. The first-order chi connectivity index (χ1) is 9.25. The molecule has 2 atom stereocenters. The van der Waals surface area contributed by atoms with Crippen molar-refractivity contribution in [1.29, 1.82) is 0 Å². The second kappa shape index (κ2) is 4.97. The van der Waals surface area contributed by atoms with Crippen LogP contribution in [0, 0.1) is 5.92 Å². The number of carboxylic acid groups (broad SMARTS) is 1. The highest BCUT2D eigenvalue weighted by molar-refractivity contribution is 7.08. The minimum atomic E-state index is -0.815. The van der Waals surface area contributed by atoms with E-state index in [1.165, 1.54) is 0 Å². The zero-order valence-electron chi connectivity index (χ0n) is 10.0. The summed E-state index contributed by atoms with van der Waals surface area (Å²) in [6.07, 6.45) is 5.00. The molecule has 98 valence electrons. The van der Waals surface area contributed by atoms with Gasteiger partial charge in [-0.25, -0.2) is 0 Å². The van der Waals surface area contributed by atoms with Gasteiger partial charge < -0.3 is 9.63 Å². The highest BCUT2D eigenvalue weighted by Gasteiger charge is 2.33. The summed E-state index contributed by atoms with van der Waals surface area (Å²) in [5.74, 6) is -0.597. The molecule has 3 rings (SSSR count). The largest absolute Gasteiger partial charge is 0.481 e. The summed E-state index contributed by atoms with van der Waals surface area (Å²) in [6, 6.07) is 1.91. The maximum atomic E-state index is 11.3. The molecule has 2 heterocycles. The Bertz CT molecular complexity index is 603. The third-order valence-corrected chi connectivity index (χ3v) is 3.97. The number of nitrogens with zero attached hydrogens (tertiary/aromatic N) is 2. The van der Waals surface area contributed by atoms with Crippen LogP contribution in [0.4, 0.5) is 0 Å². The van der Waals surface area contributed by atoms with Gasteiger partial charge in [-0.3, -0.25) is 4.79 Å². The molecule has 1 aliphatic carbocycles. The predicted octanol–water partition coefficient (Wildman–Crippen LogP) is 2.93. The van der Waals surface area contributed by atoms with Gasteiger partial charge in [0.1, 0.15) is 0 Å². The van der Waals surface area contributed by atoms with E-state index in [0.29, 0.717) is 24.6 Å². The van der Waals surface area contributed by atoms with Crippen LogP contribution in [0.1, 0.15) is 24.7 Å². The standard InChI is InChI=1S/C13H12N2O3S/c16-13(17)10-4-2-1-3-9(10)12-14-11(15-18-12)8-5-6-19-7-8/h1-2,5-7,9-10H,3-4H2,(H,16,17)/t9-,10+/m1/s1. The van der Waals surface area contributed by atoms with E-state index in [1.807, 2.05) is 29.0 Å². The summed E-state index contributed by atoms with van der Waals surface area (Å²) < 4.78 is 5.25. The van der Waals surface area contributed by atoms with Gasteiger partial charge in [0.2, 0.25) is 11.7 Å². The van der Waals surface area contributed by atoms with Crippen molar-refractivity contribution in [3.05, 3.63) is 34.9 Å². The highest BCUT2D eigenvalue weighted by atomic mass is 32.1. The molecular formula is C13H12N2O3S. The number of rotatable bonds is 3. The fourth-order valence-electron chi connectivity index (χ4n) is 2.25. The highest BCUT2D eigenvalue weighted by Crippen LogP contribution is 2.34. The van der Waals surface area contributed by atoms with Gasteiger partial charge in [-0.05, 0) is 24.3 Å². The summed E-state index contributed by atoms with van der Waals surface area (Å²) in [4.78, 5) is 15.6. The van der Waals surface area contributed by atoms with E-state index in [-0.39, 0.29) is 5.92 Å². The summed E-state index contributed by atoms with van der Waals surface area (Å²) >= 11 is 1.56. The lowest BCUT2D eigenvalue weighted by molar-refractivity contribution is -0.142. The lowest BCUT2D eigenvalue weighted by Crippen LogP contribution is -2.23.